The average Bonchev–Trinajstić information content (AvgIpc) is 3.10. The van der Waals surface area contributed by atoms with Crippen LogP contribution in [0.4, 0.5) is 5.69 Å². The SMILES string of the molecule is CCCOc1ccc(C(=O)N/N=C/c2cc(C)n(-c3ccc([N+](=O)[O-])cc3OC)c2C)cc1. The van der Waals surface area contributed by atoms with Gasteiger partial charge in [-0.3, -0.25) is 14.9 Å². The second-order valence-corrected chi connectivity index (χ2v) is 7.35. The van der Waals surface area contributed by atoms with Crippen LogP contribution in [-0.4, -0.2) is 35.3 Å². The van der Waals surface area contributed by atoms with Gasteiger partial charge in [-0.25, -0.2) is 5.43 Å². The van der Waals surface area contributed by atoms with Crippen molar-refractivity contribution in [1.82, 2.24) is 9.99 Å². The summed E-state index contributed by atoms with van der Waals surface area (Å²) in [6.45, 7) is 6.46. The lowest BCUT2D eigenvalue weighted by atomic mass is 10.2. The van der Waals surface area contributed by atoms with E-state index in [1.54, 1.807) is 36.5 Å². The maximum Gasteiger partial charge on any atom is 0.273 e. The Kier molecular flexibility index (Phi) is 7.45. The van der Waals surface area contributed by atoms with E-state index in [1.165, 1.54) is 19.2 Å². The fraction of sp³-hybridized carbons (Fsp3) is 0.250. The fourth-order valence-corrected chi connectivity index (χ4v) is 3.40. The van der Waals surface area contributed by atoms with E-state index in [2.05, 4.69) is 10.5 Å². The Morgan fingerprint density at radius 1 is 1.18 bits per heavy atom. The number of ether oxygens (including phenoxy) is 2. The molecule has 172 valence electrons. The van der Waals surface area contributed by atoms with Crippen LogP contribution in [0.25, 0.3) is 5.69 Å². The lowest BCUT2D eigenvalue weighted by Gasteiger charge is -2.13. The molecule has 3 rings (SSSR count). The molecule has 1 aromatic heterocycles. The van der Waals surface area contributed by atoms with E-state index in [-0.39, 0.29) is 11.6 Å². The van der Waals surface area contributed by atoms with Gasteiger partial charge in [0.1, 0.15) is 11.5 Å². The van der Waals surface area contributed by atoms with E-state index in [0.717, 1.165) is 23.4 Å². The summed E-state index contributed by atoms with van der Waals surface area (Å²) in [5, 5.41) is 15.2. The monoisotopic (exact) mass is 450 g/mol. The first-order valence-corrected chi connectivity index (χ1v) is 10.4. The summed E-state index contributed by atoms with van der Waals surface area (Å²) in [7, 11) is 1.47. The topological polar surface area (TPSA) is 108 Å². The maximum atomic E-state index is 12.4. The Morgan fingerprint density at radius 3 is 2.55 bits per heavy atom. The lowest BCUT2D eigenvalue weighted by molar-refractivity contribution is -0.384. The molecule has 0 unspecified atom stereocenters. The first-order valence-electron chi connectivity index (χ1n) is 10.4. The summed E-state index contributed by atoms with van der Waals surface area (Å²) in [6, 6.07) is 13.2. The summed E-state index contributed by atoms with van der Waals surface area (Å²) in [6.07, 6.45) is 2.47. The number of methoxy groups -OCH3 is 1. The van der Waals surface area contributed by atoms with Gasteiger partial charge in [-0.15, -0.1) is 0 Å². The van der Waals surface area contributed by atoms with Crippen molar-refractivity contribution in [2.24, 2.45) is 5.10 Å². The molecule has 0 saturated carbocycles. The molecule has 1 heterocycles. The van der Waals surface area contributed by atoms with Gasteiger partial charge in [-0.05, 0) is 56.7 Å². The maximum absolute atomic E-state index is 12.4. The number of hydrogen-bond donors (Lipinski definition) is 1. The molecule has 33 heavy (non-hydrogen) atoms. The minimum Gasteiger partial charge on any atom is -0.494 e. The quantitative estimate of drug-likeness (QED) is 0.292. The normalized spacial score (nSPS) is 10.9. The first-order chi connectivity index (χ1) is 15.8. The van der Waals surface area contributed by atoms with E-state index in [1.807, 2.05) is 31.4 Å². The molecule has 1 N–H and O–H groups in total. The number of nitrogens with one attached hydrogen (secondary N) is 1. The summed E-state index contributed by atoms with van der Waals surface area (Å²) >= 11 is 0. The first kappa shape index (κ1) is 23.5. The highest BCUT2D eigenvalue weighted by Gasteiger charge is 2.17. The molecule has 1 amide bonds. The van der Waals surface area contributed by atoms with Crippen LogP contribution in [0.3, 0.4) is 0 Å². The zero-order valence-corrected chi connectivity index (χ0v) is 19.0. The Labute approximate surface area is 191 Å². The van der Waals surface area contributed by atoms with Crippen molar-refractivity contribution in [3.63, 3.8) is 0 Å². The number of aromatic nitrogens is 1. The number of aryl methyl sites for hydroxylation is 1. The Balaban J connectivity index is 1.76. The van der Waals surface area contributed by atoms with Gasteiger partial charge in [-0.2, -0.15) is 5.10 Å². The molecule has 0 aliphatic rings. The summed E-state index contributed by atoms with van der Waals surface area (Å²) in [5.41, 5.74) is 6.14. The number of rotatable bonds is 9. The molecule has 0 radical (unpaired) electrons. The largest absolute Gasteiger partial charge is 0.494 e. The second kappa shape index (κ2) is 10.4. The Morgan fingerprint density at radius 2 is 1.91 bits per heavy atom. The number of non-ortho nitro benzene ring substituents is 1. The predicted molar refractivity (Wildman–Crippen MR) is 126 cm³/mol. The third-order valence-corrected chi connectivity index (χ3v) is 5.04. The van der Waals surface area contributed by atoms with Crippen LogP contribution in [0.2, 0.25) is 0 Å². The van der Waals surface area contributed by atoms with Gasteiger partial charge in [0.15, 0.2) is 0 Å². The van der Waals surface area contributed by atoms with Gasteiger partial charge in [0.2, 0.25) is 0 Å². The molecule has 0 aliphatic heterocycles. The smallest absolute Gasteiger partial charge is 0.273 e. The number of benzene rings is 2. The second-order valence-electron chi connectivity index (χ2n) is 7.35. The van der Waals surface area contributed by atoms with Crippen molar-refractivity contribution in [1.29, 1.82) is 0 Å². The lowest BCUT2D eigenvalue weighted by Crippen LogP contribution is -2.17. The number of carbonyl (C=O) groups excluding carboxylic acids is 1. The van der Waals surface area contributed by atoms with E-state index < -0.39 is 4.92 Å². The molecule has 0 bridgehead atoms. The van der Waals surface area contributed by atoms with Gasteiger partial charge < -0.3 is 14.0 Å². The van der Waals surface area contributed by atoms with E-state index in [0.29, 0.717) is 29.4 Å². The van der Waals surface area contributed by atoms with Crippen molar-refractivity contribution < 1.29 is 19.2 Å². The standard InChI is InChI=1S/C24H26N4O5/c1-5-12-33-21-9-6-18(7-10-21)24(29)26-25-15-19-13-16(2)27(17(19)3)22-11-8-20(28(30)31)14-23(22)32-4/h6-11,13-15H,5,12H2,1-4H3,(H,26,29)/b25-15+. The molecule has 0 atom stereocenters. The number of carbonyl (C=O) groups is 1. The molecular formula is C24H26N4O5. The van der Waals surface area contributed by atoms with E-state index in [9.17, 15) is 14.9 Å². The summed E-state index contributed by atoms with van der Waals surface area (Å²) in [5.74, 6) is 0.763. The molecule has 9 nitrogen and oxygen atoms in total. The number of hydrazone groups is 1. The van der Waals surface area contributed by atoms with Crippen LogP contribution >= 0.6 is 0 Å². The third kappa shape index (κ3) is 5.38. The van der Waals surface area contributed by atoms with Crippen LogP contribution in [0.15, 0.2) is 53.6 Å². The number of hydrogen-bond acceptors (Lipinski definition) is 6. The Bertz CT molecular complexity index is 1180. The molecule has 0 saturated heterocycles. The molecule has 2 aromatic carbocycles. The predicted octanol–water partition coefficient (Wildman–Crippen LogP) is 4.56. The summed E-state index contributed by atoms with van der Waals surface area (Å²) in [4.78, 5) is 23.0. The highest BCUT2D eigenvalue weighted by molar-refractivity contribution is 5.95. The number of nitro benzene ring substituents is 1. The zero-order chi connectivity index (χ0) is 24.0. The van der Waals surface area contributed by atoms with Crippen molar-refractivity contribution in [3.05, 3.63) is 81.2 Å². The van der Waals surface area contributed by atoms with Crippen LogP contribution in [-0.2, 0) is 0 Å². The molecule has 0 fully saturated rings. The van der Waals surface area contributed by atoms with Crippen molar-refractivity contribution in [2.45, 2.75) is 27.2 Å². The third-order valence-electron chi connectivity index (χ3n) is 5.04. The fourth-order valence-electron chi connectivity index (χ4n) is 3.40. The van der Waals surface area contributed by atoms with Crippen LogP contribution in [0.1, 0.15) is 40.7 Å². The number of nitro groups is 1. The zero-order valence-electron chi connectivity index (χ0n) is 19.0. The van der Waals surface area contributed by atoms with Gasteiger partial charge >= 0.3 is 0 Å². The molecule has 0 spiro atoms. The van der Waals surface area contributed by atoms with Gasteiger partial charge in [0, 0.05) is 28.6 Å². The van der Waals surface area contributed by atoms with Crippen LogP contribution in [0, 0.1) is 24.0 Å². The molecular weight excluding hydrogens is 424 g/mol. The van der Waals surface area contributed by atoms with Gasteiger partial charge in [0.05, 0.1) is 36.6 Å². The molecule has 9 heteroatoms. The van der Waals surface area contributed by atoms with Gasteiger partial charge in [0.25, 0.3) is 11.6 Å². The van der Waals surface area contributed by atoms with Crippen LogP contribution < -0.4 is 14.9 Å². The minimum absolute atomic E-state index is 0.0486. The number of nitrogens with zero attached hydrogens (tertiary/aromatic N) is 3. The van der Waals surface area contributed by atoms with Crippen molar-refractivity contribution in [3.8, 4) is 17.2 Å². The van der Waals surface area contributed by atoms with Crippen molar-refractivity contribution >= 4 is 17.8 Å². The van der Waals surface area contributed by atoms with E-state index in [4.69, 9.17) is 9.47 Å². The summed E-state index contributed by atoms with van der Waals surface area (Å²) < 4.78 is 12.8. The minimum atomic E-state index is -0.464. The van der Waals surface area contributed by atoms with E-state index >= 15 is 0 Å². The Hall–Kier alpha value is -4.14. The molecule has 3 aromatic rings. The highest BCUT2D eigenvalue weighted by Crippen LogP contribution is 2.31. The highest BCUT2D eigenvalue weighted by atomic mass is 16.6. The van der Waals surface area contributed by atoms with Crippen LogP contribution in [0.5, 0.6) is 11.5 Å². The molecule has 0 aliphatic carbocycles. The average molecular weight is 450 g/mol. The number of amides is 1. The van der Waals surface area contributed by atoms with Gasteiger partial charge in [-0.1, -0.05) is 6.92 Å². The van der Waals surface area contributed by atoms with Crippen molar-refractivity contribution in [2.75, 3.05) is 13.7 Å².